The van der Waals surface area contributed by atoms with Crippen LogP contribution in [0.4, 0.5) is 4.39 Å². The monoisotopic (exact) mass is 356 g/mol. The van der Waals surface area contributed by atoms with Gasteiger partial charge in [0.1, 0.15) is 11.6 Å². The summed E-state index contributed by atoms with van der Waals surface area (Å²) < 4.78 is 19.5. The first-order valence-corrected chi connectivity index (χ1v) is 6.99. The molecule has 20 heavy (non-hydrogen) atoms. The van der Waals surface area contributed by atoms with Crippen molar-refractivity contribution in [1.82, 2.24) is 0 Å². The third kappa shape index (κ3) is 3.38. The predicted octanol–water partition coefficient (Wildman–Crippen LogP) is 4.68. The fraction of sp³-hybridized carbons (Fsp3) is 0.133. The van der Waals surface area contributed by atoms with Crippen molar-refractivity contribution in [3.8, 4) is 5.75 Å². The molecular formula is C15H11BrClFO2. The average molecular weight is 358 g/mol. The zero-order valence-electron chi connectivity index (χ0n) is 10.6. The molecule has 2 aromatic rings. The van der Waals surface area contributed by atoms with Crippen LogP contribution in [-0.2, 0) is 6.42 Å². The SMILES string of the molecule is COc1cc(Cl)ccc1C(=O)Cc1ccc(Br)cc1F. The summed E-state index contributed by atoms with van der Waals surface area (Å²) in [6.45, 7) is 0. The molecule has 0 unspecified atom stereocenters. The maximum absolute atomic E-state index is 13.7. The Bertz CT molecular complexity index is 658. The number of ether oxygens (including phenoxy) is 1. The van der Waals surface area contributed by atoms with Gasteiger partial charge in [0.25, 0.3) is 0 Å². The van der Waals surface area contributed by atoms with Crippen molar-refractivity contribution < 1.29 is 13.9 Å². The summed E-state index contributed by atoms with van der Waals surface area (Å²) in [6, 6.07) is 9.37. The Morgan fingerprint density at radius 1 is 1.30 bits per heavy atom. The Morgan fingerprint density at radius 2 is 2.05 bits per heavy atom. The molecule has 0 spiro atoms. The molecule has 2 rings (SSSR count). The normalized spacial score (nSPS) is 10.4. The molecule has 0 aliphatic carbocycles. The predicted molar refractivity (Wildman–Crippen MR) is 80.1 cm³/mol. The molecule has 0 N–H and O–H groups in total. The van der Waals surface area contributed by atoms with E-state index in [-0.39, 0.29) is 12.2 Å². The molecule has 0 atom stereocenters. The van der Waals surface area contributed by atoms with Crippen LogP contribution in [0.1, 0.15) is 15.9 Å². The summed E-state index contributed by atoms with van der Waals surface area (Å²) in [5, 5.41) is 0.480. The molecule has 104 valence electrons. The number of Topliss-reactive ketones (excluding diaryl/α,β-unsaturated/α-hetero) is 1. The number of hydrogen-bond acceptors (Lipinski definition) is 2. The van der Waals surface area contributed by atoms with Crippen LogP contribution in [0.2, 0.25) is 5.02 Å². The molecule has 0 aliphatic heterocycles. The van der Waals surface area contributed by atoms with Gasteiger partial charge in [-0.1, -0.05) is 33.6 Å². The number of halogens is 3. The van der Waals surface area contributed by atoms with Gasteiger partial charge in [0.05, 0.1) is 12.7 Å². The second-order valence-corrected chi connectivity index (χ2v) is 5.53. The standard InChI is InChI=1S/C15H11BrClFO2/c1-20-15-8-11(17)4-5-12(15)14(19)6-9-2-3-10(16)7-13(9)18/h2-5,7-8H,6H2,1H3. The van der Waals surface area contributed by atoms with Gasteiger partial charge in [-0.15, -0.1) is 0 Å². The van der Waals surface area contributed by atoms with Gasteiger partial charge >= 0.3 is 0 Å². The second-order valence-electron chi connectivity index (χ2n) is 4.18. The summed E-state index contributed by atoms with van der Waals surface area (Å²) >= 11 is 9.03. The van der Waals surface area contributed by atoms with Crippen molar-refractivity contribution >= 4 is 33.3 Å². The third-order valence-corrected chi connectivity index (χ3v) is 3.56. The molecule has 5 heteroatoms. The molecule has 0 aromatic heterocycles. The van der Waals surface area contributed by atoms with Crippen LogP contribution in [0.5, 0.6) is 5.75 Å². The maximum atomic E-state index is 13.7. The van der Waals surface area contributed by atoms with Crippen LogP contribution in [0.25, 0.3) is 0 Å². The topological polar surface area (TPSA) is 26.3 Å². The van der Waals surface area contributed by atoms with E-state index in [0.717, 1.165) is 0 Å². The van der Waals surface area contributed by atoms with E-state index in [9.17, 15) is 9.18 Å². The average Bonchev–Trinajstić information content (AvgIpc) is 2.41. The lowest BCUT2D eigenvalue weighted by atomic mass is 10.0. The van der Waals surface area contributed by atoms with E-state index in [1.807, 2.05) is 0 Å². The lowest BCUT2D eigenvalue weighted by Gasteiger charge is -2.08. The first-order valence-electron chi connectivity index (χ1n) is 5.82. The number of carbonyl (C=O) groups is 1. The lowest BCUT2D eigenvalue weighted by molar-refractivity contribution is 0.0989. The fourth-order valence-corrected chi connectivity index (χ4v) is 2.32. The Hall–Kier alpha value is -1.39. The van der Waals surface area contributed by atoms with Crippen LogP contribution in [0.15, 0.2) is 40.9 Å². The highest BCUT2D eigenvalue weighted by atomic mass is 79.9. The van der Waals surface area contributed by atoms with E-state index in [0.29, 0.717) is 26.4 Å². The summed E-state index contributed by atoms with van der Waals surface area (Å²) in [5.41, 5.74) is 0.731. The highest BCUT2D eigenvalue weighted by Crippen LogP contribution is 2.25. The number of rotatable bonds is 4. The maximum Gasteiger partial charge on any atom is 0.171 e. The zero-order chi connectivity index (χ0) is 14.7. The molecule has 0 amide bonds. The van der Waals surface area contributed by atoms with Gasteiger partial charge in [-0.3, -0.25) is 4.79 Å². The van der Waals surface area contributed by atoms with Crippen LogP contribution in [0, 0.1) is 5.82 Å². The number of benzene rings is 2. The molecule has 0 aliphatic rings. The Kier molecular flexibility index (Phi) is 4.78. The van der Waals surface area contributed by atoms with Crippen LogP contribution >= 0.6 is 27.5 Å². The number of carbonyl (C=O) groups excluding carboxylic acids is 1. The summed E-state index contributed by atoms with van der Waals surface area (Å²) in [7, 11) is 1.46. The van der Waals surface area contributed by atoms with E-state index in [4.69, 9.17) is 16.3 Å². The van der Waals surface area contributed by atoms with Gasteiger partial charge in [0.15, 0.2) is 5.78 Å². The number of methoxy groups -OCH3 is 1. The van der Waals surface area contributed by atoms with Crippen molar-refractivity contribution in [1.29, 1.82) is 0 Å². The quantitative estimate of drug-likeness (QED) is 0.743. The minimum absolute atomic E-state index is 0.0306. The van der Waals surface area contributed by atoms with E-state index in [1.54, 1.807) is 30.3 Å². The summed E-state index contributed by atoms with van der Waals surface area (Å²) in [5.74, 6) is -0.250. The smallest absolute Gasteiger partial charge is 0.171 e. The van der Waals surface area contributed by atoms with Crippen molar-refractivity contribution in [3.05, 3.63) is 62.8 Å². The largest absolute Gasteiger partial charge is 0.496 e. The van der Waals surface area contributed by atoms with Crippen LogP contribution < -0.4 is 4.74 Å². The van der Waals surface area contributed by atoms with Crippen LogP contribution in [0.3, 0.4) is 0 Å². The van der Waals surface area contributed by atoms with Gasteiger partial charge in [-0.2, -0.15) is 0 Å². The summed E-state index contributed by atoms with van der Waals surface area (Å²) in [6.07, 6.45) is -0.0306. The van der Waals surface area contributed by atoms with Crippen molar-refractivity contribution in [2.24, 2.45) is 0 Å². The minimum Gasteiger partial charge on any atom is -0.496 e. The van der Waals surface area contributed by atoms with Crippen LogP contribution in [-0.4, -0.2) is 12.9 Å². The number of hydrogen-bond donors (Lipinski definition) is 0. The van der Waals surface area contributed by atoms with Crippen molar-refractivity contribution in [2.75, 3.05) is 7.11 Å². The molecule has 2 nitrogen and oxygen atoms in total. The Morgan fingerprint density at radius 3 is 2.70 bits per heavy atom. The third-order valence-electron chi connectivity index (χ3n) is 2.83. The first kappa shape index (κ1) is 15.0. The highest BCUT2D eigenvalue weighted by Gasteiger charge is 2.15. The first-order chi connectivity index (χ1) is 9.51. The van der Waals surface area contributed by atoms with Gasteiger partial charge in [0.2, 0.25) is 0 Å². The second kappa shape index (κ2) is 6.37. The van der Waals surface area contributed by atoms with Gasteiger partial charge < -0.3 is 4.74 Å². The molecule has 0 saturated carbocycles. The lowest BCUT2D eigenvalue weighted by Crippen LogP contribution is -2.07. The van der Waals surface area contributed by atoms with E-state index < -0.39 is 5.82 Å². The molecular weight excluding hydrogens is 347 g/mol. The molecule has 0 saturated heterocycles. The number of ketones is 1. The van der Waals surface area contributed by atoms with Crippen molar-refractivity contribution in [2.45, 2.75) is 6.42 Å². The molecule has 0 radical (unpaired) electrons. The minimum atomic E-state index is -0.416. The Labute approximate surface area is 129 Å². The van der Waals surface area contributed by atoms with Crippen molar-refractivity contribution in [3.63, 3.8) is 0 Å². The van der Waals surface area contributed by atoms with E-state index in [1.165, 1.54) is 13.2 Å². The highest BCUT2D eigenvalue weighted by molar-refractivity contribution is 9.10. The Balaban J connectivity index is 2.28. The fourth-order valence-electron chi connectivity index (χ4n) is 1.83. The van der Waals surface area contributed by atoms with Gasteiger partial charge in [-0.05, 0) is 35.9 Å². The van der Waals surface area contributed by atoms with Gasteiger partial charge in [0, 0.05) is 15.9 Å². The molecule has 0 heterocycles. The molecule has 0 bridgehead atoms. The van der Waals surface area contributed by atoms with E-state index >= 15 is 0 Å². The molecule has 2 aromatic carbocycles. The van der Waals surface area contributed by atoms with E-state index in [2.05, 4.69) is 15.9 Å². The summed E-state index contributed by atoms with van der Waals surface area (Å²) in [4.78, 5) is 12.2. The molecule has 0 fully saturated rings. The zero-order valence-corrected chi connectivity index (χ0v) is 13.0. The van der Waals surface area contributed by atoms with Gasteiger partial charge in [-0.25, -0.2) is 4.39 Å².